The zero-order chi connectivity index (χ0) is 20.4. The summed E-state index contributed by atoms with van der Waals surface area (Å²) in [4.78, 5) is 12.7. The summed E-state index contributed by atoms with van der Waals surface area (Å²) in [5, 5.41) is 19.6. The zero-order valence-corrected chi connectivity index (χ0v) is 16.5. The normalized spacial score (nSPS) is 11.0. The molecule has 1 amide bonds. The van der Waals surface area contributed by atoms with E-state index in [-0.39, 0.29) is 17.2 Å². The van der Waals surface area contributed by atoms with Crippen LogP contribution in [-0.2, 0) is 13.1 Å². The SMILES string of the molecule is Cc1nn(Cc2ccccc2)c(C)c1CNC(=O)c1cc2ccccc2cc1O. The van der Waals surface area contributed by atoms with Gasteiger partial charge in [-0.1, -0.05) is 54.6 Å². The lowest BCUT2D eigenvalue weighted by atomic mass is 10.1. The summed E-state index contributed by atoms with van der Waals surface area (Å²) in [6.07, 6.45) is 0. The quantitative estimate of drug-likeness (QED) is 0.537. The lowest BCUT2D eigenvalue weighted by molar-refractivity contribution is 0.0948. The lowest BCUT2D eigenvalue weighted by Crippen LogP contribution is -2.23. The number of phenols is 1. The summed E-state index contributed by atoms with van der Waals surface area (Å²) in [5.41, 5.74) is 4.36. The number of hydrogen-bond donors (Lipinski definition) is 2. The van der Waals surface area contributed by atoms with Gasteiger partial charge in [0.15, 0.2) is 0 Å². The summed E-state index contributed by atoms with van der Waals surface area (Å²) < 4.78 is 1.96. The third kappa shape index (κ3) is 3.85. The summed E-state index contributed by atoms with van der Waals surface area (Å²) in [5.74, 6) is -0.322. The van der Waals surface area contributed by atoms with Crippen LogP contribution in [0.25, 0.3) is 10.8 Å². The monoisotopic (exact) mass is 385 g/mol. The fourth-order valence-electron chi connectivity index (χ4n) is 3.57. The van der Waals surface area contributed by atoms with Crippen LogP contribution in [0, 0.1) is 13.8 Å². The molecule has 0 aliphatic rings. The lowest BCUT2D eigenvalue weighted by Gasteiger charge is -2.09. The topological polar surface area (TPSA) is 67.2 Å². The van der Waals surface area contributed by atoms with Gasteiger partial charge < -0.3 is 10.4 Å². The molecule has 0 saturated carbocycles. The van der Waals surface area contributed by atoms with E-state index in [9.17, 15) is 9.90 Å². The van der Waals surface area contributed by atoms with Crippen LogP contribution in [0.1, 0.15) is 32.9 Å². The summed E-state index contributed by atoms with van der Waals surface area (Å²) >= 11 is 0. The van der Waals surface area contributed by atoms with Crippen LogP contribution in [0.3, 0.4) is 0 Å². The number of benzene rings is 3. The molecule has 0 aliphatic heterocycles. The number of rotatable bonds is 5. The van der Waals surface area contributed by atoms with Crippen molar-refractivity contribution < 1.29 is 9.90 Å². The molecule has 4 aromatic rings. The molecule has 4 rings (SSSR count). The van der Waals surface area contributed by atoms with Crippen LogP contribution in [0.4, 0.5) is 0 Å². The van der Waals surface area contributed by atoms with Gasteiger partial charge in [0.25, 0.3) is 5.91 Å². The number of amides is 1. The molecule has 5 nitrogen and oxygen atoms in total. The van der Waals surface area contributed by atoms with E-state index in [2.05, 4.69) is 22.5 Å². The summed E-state index contributed by atoms with van der Waals surface area (Å²) in [6.45, 7) is 5.01. The number of nitrogens with zero attached hydrogens (tertiary/aromatic N) is 2. The van der Waals surface area contributed by atoms with E-state index < -0.39 is 0 Å². The molecule has 0 atom stereocenters. The Kier molecular flexibility index (Phi) is 5.04. The molecule has 29 heavy (non-hydrogen) atoms. The Morgan fingerprint density at radius 3 is 2.38 bits per heavy atom. The molecular formula is C24H23N3O2. The summed E-state index contributed by atoms with van der Waals surface area (Å²) in [7, 11) is 0. The highest BCUT2D eigenvalue weighted by molar-refractivity contribution is 6.01. The highest BCUT2D eigenvalue weighted by Crippen LogP contribution is 2.25. The van der Waals surface area contributed by atoms with Crippen molar-refractivity contribution in [3.05, 3.63) is 94.8 Å². The largest absolute Gasteiger partial charge is 0.507 e. The molecule has 0 radical (unpaired) electrons. The molecule has 146 valence electrons. The Balaban J connectivity index is 1.52. The van der Waals surface area contributed by atoms with Crippen LogP contribution in [0.5, 0.6) is 5.75 Å². The van der Waals surface area contributed by atoms with E-state index in [4.69, 9.17) is 0 Å². The Hall–Kier alpha value is -3.60. The Labute approximate surface area is 169 Å². The van der Waals surface area contributed by atoms with E-state index in [0.29, 0.717) is 13.1 Å². The van der Waals surface area contributed by atoms with Crippen molar-refractivity contribution in [3.8, 4) is 5.75 Å². The Bertz CT molecular complexity index is 1180. The van der Waals surface area contributed by atoms with Gasteiger partial charge in [-0.05, 0) is 42.3 Å². The number of fused-ring (bicyclic) bond motifs is 1. The van der Waals surface area contributed by atoms with Crippen molar-refractivity contribution in [2.75, 3.05) is 0 Å². The first-order valence-electron chi connectivity index (χ1n) is 9.59. The molecule has 1 heterocycles. The number of aromatic hydroxyl groups is 1. The fraction of sp³-hybridized carbons (Fsp3) is 0.167. The van der Waals surface area contributed by atoms with E-state index in [1.807, 2.05) is 61.0 Å². The number of phenolic OH excluding ortho intramolecular Hbond substituents is 1. The van der Waals surface area contributed by atoms with Crippen LogP contribution in [-0.4, -0.2) is 20.8 Å². The maximum atomic E-state index is 12.7. The molecule has 0 saturated heterocycles. The average molecular weight is 385 g/mol. The van der Waals surface area contributed by atoms with E-state index in [1.165, 1.54) is 5.56 Å². The molecule has 0 unspecified atom stereocenters. The van der Waals surface area contributed by atoms with E-state index >= 15 is 0 Å². The van der Waals surface area contributed by atoms with Gasteiger partial charge in [-0.15, -0.1) is 0 Å². The van der Waals surface area contributed by atoms with Gasteiger partial charge >= 0.3 is 0 Å². The molecule has 0 fully saturated rings. The van der Waals surface area contributed by atoms with Crippen LogP contribution >= 0.6 is 0 Å². The maximum Gasteiger partial charge on any atom is 0.255 e. The van der Waals surface area contributed by atoms with Crippen molar-refractivity contribution in [2.24, 2.45) is 0 Å². The first-order chi connectivity index (χ1) is 14.0. The van der Waals surface area contributed by atoms with Crippen molar-refractivity contribution in [2.45, 2.75) is 26.9 Å². The zero-order valence-electron chi connectivity index (χ0n) is 16.5. The van der Waals surface area contributed by atoms with Crippen molar-refractivity contribution >= 4 is 16.7 Å². The van der Waals surface area contributed by atoms with Gasteiger partial charge in [-0.25, -0.2) is 0 Å². The van der Waals surface area contributed by atoms with Crippen molar-refractivity contribution in [1.29, 1.82) is 0 Å². The van der Waals surface area contributed by atoms with Crippen molar-refractivity contribution in [1.82, 2.24) is 15.1 Å². The van der Waals surface area contributed by atoms with Gasteiger partial charge in [0.2, 0.25) is 0 Å². The van der Waals surface area contributed by atoms with E-state index in [0.717, 1.165) is 27.7 Å². The number of aryl methyl sites for hydroxylation is 1. The number of nitrogens with one attached hydrogen (secondary N) is 1. The second kappa shape index (κ2) is 7.80. The third-order valence-corrected chi connectivity index (χ3v) is 5.24. The predicted molar refractivity (Wildman–Crippen MR) is 114 cm³/mol. The van der Waals surface area contributed by atoms with Gasteiger partial charge in [-0.3, -0.25) is 9.48 Å². The smallest absolute Gasteiger partial charge is 0.255 e. The van der Waals surface area contributed by atoms with Gasteiger partial charge in [-0.2, -0.15) is 5.10 Å². The molecule has 3 aromatic carbocycles. The molecule has 2 N–H and O–H groups in total. The molecular weight excluding hydrogens is 362 g/mol. The highest BCUT2D eigenvalue weighted by Gasteiger charge is 2.16. The van der Waals surface area contributed by atoms with Gasteiger partial charge in [0.1, 0.15) is 5.75 Å². The van der Waals surface area contributed by atoms with Crippen LogP contribution in [0.2, 0.25) is 0 Å². The third-order valence-electron chi connectivity index (χ3n) is 5.24. The van der Waals surface area contributed by atoms with Gasteiger partial charge in [0, 0.05) is 17.8 Å². The number of carbonyl (C=O) groups is 1. The minimum atomic E-state index is -0.303. The van der Waals surface area contributed by atoms with Crippen molar-refractivity contribution in [3.63, 3.8) is 0 Å². The molecule has 0 aliphatic carbocycles. The average Bonchev–Trinajstić information content (AvgIpc) is 2.99. The Morgan fingerprint density at radius 2 is 1.66 bits per heavy atom. The van der Waals surface area contributed by atoms with Crippen LogP contribution in [0.15, 0.2) is 66.7 Å². The van der Waals surface area contributed by atoms with E-state index in [1.54, 1.807) is 12.1 Å². The fourth-order valence-corrected chi connectivity index (χ4v) is 3.57. The summed E-state index contributed by atoms with van der Waals surface area (Å²) in [6, 6.07) is 21.1. The predicted octanol–water partition coefficient (Wildman–Crippen LogP) is 4.34. The number of aromatic nitrogens is 2. The second-order valence-electron chi connectivity index (χ2n) is 7.19. The Morgan fingerprint density at radius 1 is 1.00 bits per heavy atom. The first kappa shape index (κ1) is 18.7. The first-order valence-corrected chi connectivity index (χ1v) is 9.59. The standard InChI is InChI=1S/C24H23N3O2/c1-16-22(17(2)27(26-16)15-18-8-4-3-5-9-18)14-25-24(29)21-12-19-10-6-7-11-20(19)13-23(21)28/h3-13,28H,14-15H2,1-2H3,(H,25,29). The molecule has 0 spiro atoms. The van der Waals surface area contributed by atoms with Gasteiger partial charge in [0.05, 0.1) is 17.8 Å². The van der Waals surface area contributed by atoms with Crippen LogP contribution < -0.4 is 5.32 Å². The minimum Gasteiger partial charge on any atom is -0.507 e. The number of hydrogen-bond acceptors (Lipinski definition) is 3. The second-order valence-corrected chi connectivity index (χ2v) is 7.19. The minimum absolute atomic E-state index is 0.0191. The maximum absolute atomic E-state index is 12.7. The molecule has 1 aromatic heterocycles. The number of carbonyl (C=O) groups excluding carboxylic acids is 1. The molecule has 0 bridgehead atoms. The highest BCUT2D eigenvalue weighted by atomic mass is 16.3. The molecule has 5 heteroatoms.